The molecular formula is C14H21N5OS. The van der Waals surface area contributed by atoms with E-state index in [0.717, 1.165) is 11.3 Å². The number of anilines is 1. The minimum absolute atomic E-state index is 0.0973. The van der Waals surface area contributed by atoms with Crippen LogP contribution in [0, 0.1) is 6.92 Å². The summed E-state index contributed by atoms with van der Waals surface area (Å²) in [5.74, 6) is -0.0973. The zero-order chi connectivity index (χ0) is 15.4. The van der Waals surface area contributed by atoms with Gasteiger partial charge in [-0.2, -0.15) is 5.10 Å². The number of aryl methyl sites for hydroxylation is 1. The van der Waals surface area contributed by atoms with Crippen LogP contribution in [0.5, 0.6) is 0 Å². The van der Waals surface area contributed by atoms with Crippen LogP contribution < -0.4 is 10.6 Å². The fourth-order valence-electron chi connectivity index (χ4n) is 1.92. The third kappa shape index (κ3) is 4.37. The van der Waals surface area contributed by atoms with E-state index >= 15 is 0 Å². The second-order valence-corrected chi connectivity index (χ2v) is 6.09. The Bertz CT molecular complexity index is 606. The Balaban J connectivity index is 1.87. The number of thiazole rings is 1. The minimum atomic E-state index is -0.0973. The van der Waals surface area contributed by atoms with Gasteiger partial charge in [-0.05, 0) is 26.3 Å². The summed E-state index contributed by atoms with van der Waals surface area (Å²) in [5, 5.41) is 13.1. The number of hydrogen-bond acceptors (Lipinski definition) is 5. The summed E-state index contributed by atoms with van der Waals surface area (Å²) in [5.41, 5.74) is 2.09. The zero-order valence-electron chi connectivity index (χ0n) is 12.8. The zero-order valence-corrected chi connectivity index (χ0v) is 13.6. The van der Waals surface area contributed by atoms with Crippen molar-refractivity contribution in [1.82, 2.24) is 20.1 Å². The Labute approximate surface area is 128 Å². The number of carbonyl (C=O) groups excluding carboxylic acids is 1. The maximum absolute atomic E-state index is 11.0. The molecule has 0 aromatic carbocycles. The van der Waals surface area contributed by atoms with Crippen molar-refractivity contribution >= 4 is 22.4 Å². The van der Waals surface area contributed by atoms with E-state index < -0.39 is 0 Å². The molecule has 2 aromatic heterocycles. The second-order valence-electron chi connectivity index (χ2n) is 5.23. The lowest BCUT2D eigenvalue weighted by Crippen LogP contribution is -2.33. The van der Waals surface area contributed by atoms with Gasteiger partial charge in [0.2, 0.25) is 5.91 Å². The van der Waals surface area contributed by atoms with Gasteiger partial charge in [0, 0.05) is 31.1 Å². The third-order valence-corrected chi connectivity index (χ3v) is 4.12. The van der Waals surface area contributed by atoms with E-state index in [1.165, 1.54) is 18.3 Å². The molecule has 2 aromatic rings. The van der Waals surface area contributed by atoms with Crippen molar-refractivity contribution in [3.63, 3.8) is 0 Å². The standard InChI is InChI=1S/C14H21N5OS/c1-9-5-16-19(7-9)11(3)10(2)15-6-13-8-21-14(18-13)17-12(4)20/h5,7-8,10-11,15H,6H2,1-4H3,(H,17,18,20)/t10-,11-/m1/s1. The first-order valence-electron chi connectivity index (χ1n) is 6.92. The van der Waals surface area contributed by atoms with Crippen molar-refractivity contribution in [2.75, 3.05) is 5.32 Å². The fourth-order valence-corrected chi connectivity index (χ4v) is 2.67. The highest BCUT2D eigenvalue weighted by Gasteiger charge is 2.14. The average molecular weight is 307 g/mol. The molecule has 0 radical (unpaired) electrons. The molecule has 2 heterocycles. The summed E-state index contributed by atoms with van der Waals surface area (Å²) in [7, 11) is 0. The summed E-state index contributed by atoms with van der Waals surface area (Å²) in [6.45, 7) is 8.45. The molecule has 0 aliphatic rings. The molecule has 2 N–H and O–H groups in total. The molecule has 0 saturated heterocycles. The highest BCUT2D eigenvalue weighted by Crippen LogP contribution is 2.16. The second kappa shape index (κ2) is 6.82. The maximum Gasteiger partial charge on any atom is 0.223 e. The first-order chi connectivity index (χ1) is 9.95. The van der Waals surface area contributed by atoms with Gasteiger partial charge in [-0.25, -0.2) is 4.98 Å². The van der Waals surface area contributed by atoms with Crippen LogP contribution in [0.15, 0.2) is 17.8 Å². The average Bonchev–Trinajstić information content (AvgIpc) is 3.03. The SMILES string of the molecule is CC(=O)Nc1nc(CN[C@H](C)[C@@H](C)n2cc(C)cn2)cs1. The summed E-state index contributed by atoms with van der Waals surface area (Å²) in [6, 6.07) is 0.516. The normalized spacial score (nSPS) is 13.9. The molecule has 114 valence electrons. The molecule has 6 nitrogen and oxygen atoms in total. The molecule has 0 saturated carbocycles. The van der Waals surface area contributed by atoms with Gasteiger partial charge in [-0.3, -0.25) is 9.48 Å². The van der Waals surface area contributed by atoms with E-state index in [-0.39, 0.29) is 18.0 Å². The largest absolute Gasteiger partial charge is 0.306 e. The predicted molar refractivity (Wildman–Crippen MR) is 84.4 cm³/mol. The van der Waals surface area contributed by atoms with Crippen molar-refractivity contribution in [3.05, 3.63) is 29.0 Å². The van der Waals surface area contributed by atoms with Gasteiger partial charge in [0.05, 0.1) is 17.9 Å². The number of nitrogens with zero attached hydrogens (tertiary/aromatic N) is 3. The summed E-state index contributed by atoms with van der Waals surface area (Å²) < 4.78 is 1.97. The molecule has 0 aliphatic carbocycles. The van der Waals surface area contributed by atoms with E-state index in [9.17, 15) is 4.79 Å². The molecule has 0 fully saturated rings. The Morgan fingerprint density at radius 1 is 1.48 bits per heavy atom. The van der Waals surface area contributed by atoms with Gasteiger partial charge in [-0.15, -0.1) is 11.3 Å². The van der Waals surface area contributed by atoms with Gasteiger partial charge in [-0.1, -0.05) is 0 Å². The van der Waals surface area contributed by atoms with Crippen LogP contribution in [0.4, 0.5) is 5.13 Å². The number of nitrogens with one attached hydrogen (secondary N) is 2. The van der Waals surface area contributed by atoms with Gasteiger partial charge in [0.15, 0.2) is 5.13 Å². The predicted octanol–water partition coefficient (Wildman–Crippen LogP) is 2.35. The minimum Gasteiger partial charge on any atom is -0.306 e. The van der Waals surface area contributed by atoms with Crippen LogP contribution in [0.3, 0.4) is 0 Å². The van der Waals surface area contributed by atoms with Gasteiger partial charge in [0.25, 0.3) is 0 Å². The molecule has 21 heavy (non-hydrogen) atoms. The molecule has 0 spiro atoms. The lowest BCUT2D eigenvalue weighted by molar-refractivity contribution is -0.114. The van der Waals surface area contributed by atoms with Gasteiger partial charge in [0.1, 0.15) is 0 Å². The number of hydrogen-bond donors (Lipinski definition) is 2. The molecule has 7 heteroatoms. The molecule has 0 unspecified atom stereocenters. The number of rotatable bonds is 6. The fraction of sp³-hybridized carbons (Fsp3) is 0.500. The van der Waals surface area contributed by atoms with E-state index in [2.05, 4.69) is 34.6 Å². The smallest absolute Gasteiger partial charge is 0.223 e. The monoisotopic (exact) mass is 307 g/mol. The molecule has 2 rings (SSSR count). The molecule has 1 amide bonds. The molecular weight excluding hydrogens is 286 g/mol. The van der Waals surface area contributed by atoms with Gasteiger partial charge >= 0.3 is 0 Å². The van der Waals surface area contributed by atoms with Crippen molar-refractivity contribution in [1.29, 1.82) is 0 Å². The Kier molecular flexibility index (Phi) is 5.08. The van der Waals surface area contributed by atoms with Crippen LogP contribution in [0.1, 0.15) is 38.1 Å². The number of aromatic nitrogens is 3. The van der Waals surface area contributed by atoms with Crippen molar-refractivity contribution in [3.8, 4) is 0 Å². The highest BCUT2D eigenvalue weighted by molar-refractivity contribution is 7.13. The van der Waals surface area contributed by atoms with E-state index in [4.69, 9.17) is 0 Å². The lowest BCUT2D eigenvalue weighted by atomic mass is 10.1. The van der Waals surface area contributed by atoms with Crippen LogP contribution in [0.2, 0.25) is 0 Å². The number of carbonyl (C=O) groups is 1. The van der Waals surface area contributed by atoms with Crippen LogP contribution in [0.25, 0.3) is 0 Å². The van der Waals surface area contributed by atoms with Gasteiger partial charge < -0.3 is 10.6 Å². The van der Waals surface area contributed by atoms with Crippen molar-refractivity contribution in [2.45, 2.75) is 46.3 Å². The van der Waals surface area contributed by atoms with Crippen LogP contribution in [-0.2, 0) is 11.3 Å². The van der Waals surface area contributed by atoms with E-state index in [1.54, 1.807) is 0 Å². The Morgan fingerprint density at radius 2 is 2.24 bits per heavy atom. The molecule has 0 bridgehead atoms. The maximum atomic E-state index is 11.0. The van der Waals surface area contributed by atoms with Crippen molar-refractivity contribution < 1.29 is 4.79 Å². The highest BCUT2D eigenvalue weighted by atomic mass is 32.1. The van der Waals surface area contributed by atoms with Crippen LogP contribution >= 0.6 is 11.3 Å². The first kappa shape index (κ1) is 15.7. The summed E-state index contributed by atoms with van der Waals surface area (Å²) in [4.78, 5) is 15.3. The lowest BCUT2D eigenvalue weighted by Gasteiger charge is -2.21. The first-order valence-corrected chi connectivity index (χ1v) is 7.80. The quantitative estimate of drug-likeness (QED) is 0.859. The number of amides is 1. The Morgan fingerprint density at radius 3 is 2.86 bits per heavy atom. The Hall–Kier alpha value is -1.73. The molecule has 0 aliphatic heterocycles. The van der Waals surface area contributed by atoms with E-state index in [0.29, 0.717) is 11.7 Å². The topological polar surface area (TPSA) is 71.8 Å². The third-order valence-electron chi connectivity index (χ3n) is 3.31. The summed E-state index contributed by atoms with van der Waals surface area (Å²) in [6.07, 6.45) is 3.91. The van der Waals surface area contributed by atoms with E-state index in [1.807, 2.05) is 29.4 Å². The molecule has 2 atom stereocenters. The summed E-state index contributed by atoms with van der Waals surface area (Å²) >= 11 is 1.44. The van der Waals surface area contributed by atoms with Crippen LogP contribution in [-0.4, -0.2) is 26.7 Å². The van der Waals surface area contributed by atoms with Crippen molar-refractivity contribution in [2.24, 2.45) is 0 Å².